The summed E-state index contributed by atoms with van der Waals surface area (Å²) in [6, 6.07) is 7.56. The Morgan fingerprint density at radius 1 is 1.21 bits per heavy atom. The first-order valence-corrected chi connectivity index (χ1v) is 8.12. The molecular formula is C17H18ClN3O3. The molecule has 0 bridgehead atoms. The SMILES string of the molecule is Cc1[nH]c(=O)[nH]c(=O)c1CC(=O)NC1(Cc2ccc(Cl)cc2)CC1. The topological polar surface area (TPSA) is 94.8 Å². The van der Waals surface area contributed by atoms with Crippen molar-refractivity contribution in [1.82, 2.24) is 15.3 Å². The van der Waals surface area contributed by atoms with Crippen molar-refractivity contribution in [3.05, 3.63) is 66.9 Å². The number of amides is 1. The number of aryl methyl sites for hydroxylation is 1. The van der Waals surface area contributed by atoms with Crippen LogP contribution in [-0.2, 0) is 17.6 Å². The molecule has 0 spiro atoms. The second-order valence-electron chi connectivity index (χ2n) is 6.32. The predicted molar refractivity (Wildman–Crippen MR) is 91.4 cm³/mol. The molecule has 1 fully saturated rings. The first-order valence-electron chi connectivity index (χ1n) is 7.74. The van der Waals surface area contributed by atoms with Crippen LogP contribution in [0.4, 0.5) is 0 Å². The highest BCUT2D eigenvalue weighted by Crippen LogP contribution is 2.38. The van der Waals surface area contributed by atoms with Crippen molar-refractivity contribution in [2.75, 3.05) is 0 Å². The Morgan fingerprint density at radius 2 is 1.88 bits per heavy atom. The number of hydrogen-bond acceptors (Lipinski definition) is 3. The van der Waals surface area contributed by atoms with Crippen LogP contribution in [0.5, 0.6) is 0 Å². The third kappa shape index (κ3) is 3.76. The van der Waals surface area contributed by atoms with Crippen LogP contribution >= 0.6 is 11.6 Å². The lowest BCUT2D eigenvalue weighted by molar-refractivity contribution is -0.121. The fraction of sp³-hybridized carbons (Fsp3) is 0.353. The largest absolute Gasteiger partial charge is 0.350 e. The summed E-state index contributed by atoms with van der Waals surface area (Å²) < 4.78 is 0. The Balaban J connectivity index is 1.68. The fourth-order valence-corrected chi connectivity index (χ4v) is 2.96. The summed E-state index contributed by atoms with van der Waals surface area (Å²) in [5.74, 6) is -0.220. The quantitative estimate of drug-likeness (QED) is 0.764. The zero-order valence-electron chi connectivity index (χ0n) is 13.2. The second kappa shape index (κ2) is 6.28. The van der Waals surface area contributed by atoms with Gasteiger partial charge in [-0.2, -0.15) is 0 Å². The van der Waals surface area contributed by atoms with E-state index in [0.717, 1.165) is 24.8 Å². The number of halogens is 1. The average Bonchev–Trinajstić information content (AvgIpc) is 3.24. The molecule has 1 aliphatic carbocycles. The van der Waals surface area contributed by atoms with Crippen molar-refractivity contribution in [2.24, 2.45) is 0 Å². The van der Waals surface area contributed by atoms with Crippen LogP contribution in [0.15, 0.2) is 33.9 Å². The summed E-state index contributed by atoms with van der Waals surface area (Å²) in [5.41, 5.74) is 0.483. The molecule has 1 aromatic carbocycles. The number of rotatable bonds is 5. The molecule has 24 heavy (non-hydrogen) atoms. The lowest BCUT2D eigenvalue weighted by Crippen LogP contribution is -2.41. The molecule has 1 heterocycles. The molecule has 1 saturated carbocycles. The van der Waals surface area contributed by atoms with Crippen molar-refractivity contribution in [3.8, 4) is 0 Å². The molecule has 3 rings (SSSR count). The summed E-state index contributed by atoms with van der Waals surface area (Å²) in [5, 5.41) is 3.71. The maximum absolute atomic E-state index is 12.3. The van der Waals surface area contributed by atoms with Crippen molar-refractivity contribution in [2.45, 2.75) is 38.1 Å². The highest BCUT2D eigenvalue weighted by Gasteiger charge is 2.43. The number of carbonyl (C=O) groups is 1. The zero-order valence-corrected chi connectivity index (χ0v) is 14.0. The minimum Gasteiger partial charge on any atom is -0.350 e. The first-order chi connectivity index (χ1) is 11.4. The van der Waals surface area contributed by atoms with Gasteiger partial charge in [-0.25, -0.2) is 4.79 Å². The molecular weight excluding hydrogens is 330 g/mol. The fourth-order valence-electron chi connectivity index (χ4n) is 2.83. The standard InChI is InChI=1S/C17H18ClN3O3/c1-10-13(15(23)20-16(24)19-10)8-14(22)21-17(6-7-17)9-11-2-4-12(18)5-3-11/h2-5H,6-9H2,1H3,(H,21,22)(H2,19,20,23,24). The van der Waals surface area contributed by atoms with Crippen molar-refractivity contribution in [3.63, 3.8) is 0 Å². The molecule has 6 nitrogen and oxygen atoms in total. The lowest BCUT2D eigenvalue weighted by atomic mass is 10.0. The molecule has 0 unspecified atom stereocenters. The normalized spacial score (nSPS) is 15.1. The second-order valence-corrected chi connectivity index (χ2v) is 6.76. The number of nitrogens with one attached hydrogen (secondary N) is 3. The van der Waals surface area contributed by atoms with Gasteiger partial charge in [0.05, 0.1) is 6.42 Å². The number of aromatic nitrogens is 2. The van der Waals surface area contributed by atoms with Gasteiger partial charge in [0.15, 0.2) is 0 Å². The smallest absolute Gasteiger partial charge is 0.325 e. The molecule has 0 aliphatic heterocycles. The number of aromatic amines is 2. The van der Waals surface area contributed by atoms with Gasteiger partial charge in [0.25, 0.3) is 5.56 Å². The van der Waals surface area contributed by atoms with Crippen molar-refractivity contribution >= 4 is 17.5 Å². The highest BCUT2D eigenvalue weighted by atomic mass is 35.5. The monoisotopic (exact) mass is 347 g/mol. The van der Waals surface area contributed by atoms with E-state index < -0.39 is 11.2 Å². The van der Waals surface area contributed by atoms with Crippen LogP contribution in [0, 0.1) is 6.92 Å². The van der Waals surface area contributed by atoms with E-state index >= 15 is 0 Å². The van der Waals surface area contributed by atoms with E-state index in [0.29, 0.717) is 10.7 Å². The van der Waals surface area contributed by atoms with Gasteiger partial charge in [-0.3, -0.25) is 14.6 Å². The van der Waals surface area contributed by atoms with Crippen LogP contribution in [0.1, 0.15) is 29.7 Å². The van der Waals surface area contributed by atoms with Gasteiger partial charge in [-0.15, -0.1) is 0 Å². The molecule has 1 aromatic heterocycles. The molecule has 1 amide bonds. The van der Waals surface area contributed by atoms with Crippen LogP contribution < -0.4 is 16.6 Å². The minimum absolute atomic E-state index is 0.0552. The van der Waals surface area contributed by atoms with Crippen LogP contribution in [-0.4, -0.2) is 21.4 Å². The van der Waals surface area contributed by atoms with E-state index in [1.807, 2.05) is 24.3 Å². The molecule has 7 heteroatoms. The maximum Gasteiger partial charge on any atom is 0.325 e. The van der Waals surface area contributed by atoms with Crippen LogP contribution in [0.2, 0.25) is 5.02 Å². The van der Waals surface area contributed by atoms with E-state index in [4.69, 9.17) is 11.6 Å². The Kier molecular flexibility index (Phi) is 4.32. The number of benzene rings is 1. The summed E-state index contributed by atoms with van der Waals surface area (Å²) in [6.45, 7) is 1.61. The van der Waals surface area contributed by atoms with Gasteiger partial charge in [-0.1, -0.05) is 23.7 Å². The molecule has 0 radical (unpaired) electrons. The summed E-state index contributed by atoms with van der Waals surface area (Å²) >= 11 is 5.89. The van der Waals surface area contributed by atoms with E-state index in [1.54, 1.807) is 6.92 Å². The van der Waals surface area contributed by atoms with E-state index in [9.17, 15) is 14.4 Å². The van der Waals surface area contributed by atoms with Crippen molar-refractivity contribution < 1.29 is 4.79 Å². The molecule has 3 N–H and O–H groups in total. The average molecular weight is 348 g/mol. The molecule has 0 saturated heterocycles. The van der Waals surface area contributed by atoms with Gasteiger partial charge >= 0.3 is 5.69 Å². The number of hydrogen-bond donors (Lipinski definition) is 3. The molecule has 126 valence electrons. The van der Waals surface area contributed by atoms with Crippen molar-refractivity contribution in [1.29, 1.82) is 0 Å². The maximum atomic E-state index is 12.3. The Hall–Kier alpha value is -2.34. The lowest BCUT2D eigenvalue weighted by Gasteiger charge is -2.18. The van der Waals surface area contributed by atoms with Gasteiger partial charge in [0.1, 0.15) is 0 Å². The van der Waals surface area contributed by atoms with Gasteiger partial charge < -0.3 is 10.3 Å². The Labute approximate surface area is 143 Å². The number of H-pyrrole nitrogens is 2. The third-order valence-electron chi connectivity index (χ3n) is 4.31. The zero-order chi connectivity index (χ0) is 17.3. The highest BCUT2D eigenvalue weighted by molar-refractivity contribution is 6.30. The van der Waals surface area contributed by atoms with Gasteiger partial charge in [0.2, 0.25) is 5.91 Å². The molecule has 0 atom stereocenters. The van der Waals surface area contributed by atoms with Gasteiger partial charge in [-0.05, 0) is 43.9 Å². The summed E-state index contributed by atoms with van der Waals surface area (Å²) in [7, 11) is 0. The minimum atomic E-state index is -0.567. The van der Waals surface area contributed by atoms with E-state index in [2.05, 4.69) is 15.3 Å². The summed E-state index contributed by atoms with van der Waals surface area (Å²) in [4.78, 5) is 40.0. The van der Waals surface area contributed by atoms with Gasteiger partial charge in [0, 0.05) is 21.8 Å². The van der Waals surface area contributed by atoms with Crippen LogP contribution in [0.25, 0.3) is 0 Å². The predicted octanol–water partition coefficient (Wildman–Crippen LogP) is 1.46. The number of carbonyl (C=O) groups excluding carboxylic acids is 1. The molecule has 2 aromatic rings. The van der Waals surface area contributed by atoms with Crippen LogP contribution in [0.3, 0.4) is 0 Å². The van der Waals surface area contributed by atoms with E-state index in [-0.39, 0.29) is 23.4 Å². The first kappa shape index (κ1) is 16.5. The molecule has 1 aliphatic rings. The Morgan fingerprint density at radius 3 is 2.46 bits per heavy atom. The van der Waals surface area contributed by atoms with E-state index in [1.165, 1.54) is 0 Å². The third-order valence-corrected chi connectivity index (χ3v) is 4.56. The Bertz CT molecular complexity index is 879. The summed E-state index contributed by atoms with van der Waals surface area (Å²) in [6.07, 6.45) is 2.49.